The average molecular weight is 448 g/mol. The first-order chi connectivity index (χ1) is 15.2. The van der Waals surface area contributed by atoms with Gasteiger partial charge in [-0.3, -0.25) is 4.79 Å². The molecular formula is C24H27F3N2O3. The van der Waals surface area contributed by atoms with Crippen molar-refractivity contribution in [2.45, 2.75) is 37.3 Å². The van der Waals surface area contributed by atoms with E-state index >= 15 is 0 Å². The van der Waals surface area contributed by atoms with Gasteiger partial charge in [-0.1, -0.05) is 36.4 Å². The number of nitrogens with one attached hydrogen (secondary N) is 1. The number of rotatable bonds is 3. The molecule has 2 fully saturated rings. The van der Waals surface area contributed by atoms with Crippen LogP contribution in [0.2, 0.25) is 0 Å². The summed E-state index contributed by atoms with van der Waals surface area (Å²) < 4.78 is 41.5. The van der Waals surface area contributed by atoms with E-state index in [1.54, 1.807) is 12.1 Å². The van der Waals surface area contributed by atoms with Gasteiger partial charge in [-0.25, -0.2) is 0 Å². The van der Waals surface area contributed by atoms with E-state index in [-0.39, 0.29) is 41.5 Å². The van der Waals surface area contributed by atoms with Crippen molar-refractivity contribution in [2.75, 3.05) is 26.2 Å². The van der Waals surface area contributed by atoms with Crippen molar-refractivity contribution >= 4 is 5.91 Å². The number of phenolic OH excluding ortho intramolecular Hbond substituents is 2. The van der Waals surface area contributed by atoms with Gasteiger partial charge in [-0.05, 0) is 48.9 Å². The number of hydrogen-bond acceptors (Lipinski definition) is 4. The number of nitrogens with zero attached hydrogens (tertiary/aromatic N) is 1. The molecule has 4 rings (SSSR count). The Balaban J connectivity index is 1.56. The van der Waals surface area contributed by atoms with Crippen molar-refractivity contribution in [1.29, 1.82) is 0 Å². The molecule has 2 aromatic carbocycles. The normalized spacial score (nSPS) is 22.0. The number of amides is 1. The predicted octanol–water partition coefficient (Wildman–Crippen LogP) is 4.13. The summed E-state index contributed by atoms with van der Waals surface area (Å²) in [6.07, 6.45) is -2.89. The second-order valence-electron chi connectivity index (χ2n) is 8.79. The molecule has 3 N–H and O–H groups in total. The second kappa shape index (κ2) is 8.65. The average Bonchev–Trinajstić information content (AvgIpc) is 2.75. The molecule has 5 nitrogen and oxygen atoms in total. The van der Waals surface area contributed by atoms with E-state index in [9.17, 15) is 28.2 Å². The molecule has 1 amide bonds. The lowest BCUT2D eigenvalue weighted by atomic mass is 9.62. The fraction of sp³-hybridized carbons (Fsp3) is 0.458. The SMILES string of the molecule is O=C(C(c1ccccc1)C(F)(F)F)N1CCC2(CCNCC2c2c(O)cccc2O)CC1. The Morgan fingerprint density at radius 3 is 2.22 bits per heavy atom. The van der Waals surface area contributed by atoms with Gasteiger partial charge in [0.1, 0.15) is 11.5 Å². The summed E-state index contributed by atoms with van der Waals surface area (Å²) in [5.41, 5.74) is 0.111. The smallest absolute Gasteiger partial charge is 0.404 e. The Labute approximate surface area is 184 Å². The number of phenols is 2. The summed E-state index contributed by atoms with van der Waals surface area (Å²) in [5, 5.41) is 24.1. The number of likely N-dealkylation sites (tertiary alicyclic amines) is 1. The lowest BCUT2D eigenvalue weighted by molar-refractivity contribution is -0.173. The molecule has 2 unspecified atom stereocenters. The Hall–Kier alpha value is -2.74. The molecule has 2 aliphatic rings. The topological polar surface area (TPSA) is 72.8 Å². The van der Waals surface area contributed by atoms with Gasteiger partial charge >= 0.3 is 6.18 Å². The molecule has 32 heavy (non-hydrogen) atoms. The van der Waals surface area contributed by atoms with E-state index < -0.39 is 18.0 Å². The molecule has 2 atom stereocenters. The molecule has 0 aliphatic carbocycles. The Bertz CT molecular complexity index is 936. The van der Waals surface area contributed by atoms with Gasteiger partial charge in [0.15, 0.2) is 5.92 Å². The largest absolute Gasteiger partial charge is 0.508 e. The van der Waals surface area contributed by atoms with E-state index in [1.165, 1.54) is 41.3 Å². The van der Waals surface area contributed by atoms with Crippen molar-refractivity contribution in [3.8, 4) is 11.5 Å². The van der Waals surface area contributed by atoms with Gasteiger partial charge in [0, 0.05) is 31.1 Å². The minimum Gasteiger partial charge on any atom is -0.508 e. The lowest BCUT2D eigenvalue weighted by Crippen LogP contribution is -2.52. The van der Waals surface area contributed by atoms with Gasteiger partial charge in [-0.15, -0.1) is 0 Å². The highest BCUT2D eigenvalue weighted by atomic mass is 19.4. The van der Waals surface area contributed by atoms with Crippen molar-refractivity contribution in [1.82, 2.24) is 10.2 Å². The van der Waals surface area contributed by atoms with Crippen LogP contribution in [0.15, 0.2) is 48.5 Å². The second-order valence-corrected chi connectivity index (χ2v) is 8.79. The molecule has 2 aromatic rings. The maximum Gasteiger partial charge on any atom is 0.404 e. The van der Waals surface area contributed by atoms with Crippen molar-refractivity contribution in [2.24, 2.45) is 5.41 Å². The molecule has 2 aliphatic heterocycles. The van der Waals surface area contributed by atoms with Gasteiger partial charge in [-0.2, -0.15) is 13.2 Å². The van der Waals surface area contributed by atoms with Crippen LogP contribution in [0.3, 0.4) is 0 Å². The van der Waals surface area contributed by atoms with Crippen LogP contribution >= 0.6 is 0 Å². The first kappa shape index (κ1) is 22.5. The maximum atomic E-state index is 13.8. The van der Waals surface area contributed by atoms with Crippen LogP contribution in [0.5, 0.6) is 11.5 Å². The maximum absolute atomic E-state index is 13.8. The first-order valence-electron chi connectivity index (χ1n) is 10.8. The van der Waals surface area contributed by atoms with E-state index in [2.05, 4.69) is 5.32 Å². The molecule has 1 spiro atoms. The van der Waals surface area contributed by atoms with Gasteiger partial charge in [0.2, 0.25) is 5.91 Å². The number of piperidine rings is 2. The van der Waals surface area contributed by atoms with Crippen LogP contribution in [0.4, 0.5) is 13.2 Å². The molecule has 0 aromatic heterocycles. The third-order valence-corrected chi connectivity index (χ3v) is 7.07. The summed E-state index contributed by atoms with van der Waals surface area (Å²) in [6.45, 7) is 1.72. The number of aromatic hydroxyl groups is 2. The van der Waals surface area contributed by atoms with Crippen LogP contribution in [0.1, 0.15) is 42.2 Å². The zero-order chi connectivity index (χ0) is 22.9. The number of carbonyl (C=O) groups excluding carboxylic acids is 1. The molecular weight excluding hydrogens is 421 g/mol. The molecule has 0 saturated carbocycles. The number of carbonyl (C=O) groups is 1. The van der Waals surface area contributed by atoms with Crippen LogP contribution in [0, 0.1) is 5.41 Å². The third kappa shape index (κ3) is 4.16. The minimum atomic E-state index is -4.67. The van der Waals surface area contributed by atoms with Crippen LogP contribution in [-0.2, 0) is 4.79 Å². The van der Waals surface area contributed by atoms with Gasteiger partial charge in [0.05, 0.1) is 0 Å². The van der Waals surface area contributed by atoms with Crippen LogP contribution in [-0.4, -0.2) is 53.4 Å². The highest BCUT2D eigenvalue weighted by Crippen LogP contribution is 2.52. The zero-order valence-corrected chi connectivity index (χ0v) is 17.6. The fourth-order valence-electron chi connectivity index (χ4n) is 5.35. The summed E-state index contributed by atoms with van der Waals surface area (Å²) in [6, 6.07) is 11.9. The van der Waals surface area contributed by atoms with Gasteiger partial charge in [0.25, 0.3) is 0 Å². The highest BCUT2D eigenvalue weighted by Gasteiger charge is 2.50. The summed E-state index contributed by atoms with van der Waals surface area (Å²) in [7, 11) is 0. The van der Waals surface area contributed by atoms with Crippen molar-refractivity contribution < 1.29 is 28.2 Å². The van der Waals surface area contributed by atoms with Crippen LogP contribution in [0.25, 0.3) is 0 Å². The number of hydrogen-bond donors (Lipinski definition) is 3. The van der Waals surface area contributed by atoms with Gasteiger partial charge < -0.3 is 20.4 Å². The van der Waals surface area contributed by atoms with Crippen LogP contribution < -0.4 is 5.32 Å². The minimum absolute atomic E-state index is 0.0118. The Morgan fingerprint density at radius 2 is 1.62 bits per heavy atom. The summed E-state index contributed by atoms with van der Waals surface area (Å²) in [5.74, 6) is -3.27. The molecule has 0 radical (unpaired) electrons. The summed E-state index contributed by atoms with van der Waals surface area (Å²) >= 11 is 0. The third-order valence-electron chi connectivity index (χ3n) is 7.07. The number of halogens is 3. The predicted molar refractivity (Wildman–Crippen MR) is 113 cm³/mol. The highest BCUT2D eigenvalue weighted by molar-refractivity contribution is 5.84. The quantitative estimate of drug-likeness (QED) is 0.660. The number of alkyl halides is 3. The monoisotopic (exact) mass is 448 g/mol. The fourth-order valence-corrected chi connectivity index (χ4v) is 5.35. The van der Waals surface area contributed by atoms with Crippen molar-refractivity contribution in [3.05, 3.63) is 59.7 Å². The zero-order valence-electron chi connectivity index (χ0n) is 17.6. The molecule has 172 valence electrons. The van der Waals surface area contributed by atoms with Crippen molar-refractivity contribution in [3.63, 3.8) is 0 Å². The molecule has 0 bridgehead atoms. The molecule has 2 heterocycles. The van der Waals surface area contributed by atoms with E-state index in [1.807, 2.05) is 0 Å². The standard InChI is InChI=1S/C24H27F3N2O3/c25-24(26,27)21(16-5-2-1-3-6-16)22(32)29-13-10-23(11-14-29)9-12-28-15-17(23)20-18(30)7-4-8-19(20)31/h1-8,17,21,28,30-31H,9-15H2. The van der Waals surface area contributed by atoms with E-state index in [4.69, 9.17) is 0 Å². The summed E-state index contributed by atoms with van der Waals surface area (Å²) in [4.78, 5) is 14.3. The molecule has 8 heteroatoms. The lowest BCUT2D eigenvalue weighted by Gasteiger charge is -2.50. The molecule has 2 saturated heterocycles. The Morgan fingerprint density at radius 1 is 1.00 bits per heavy atom. The first-order valence-corrected chi connectivity index (χ1v) is 10.8. The Kier molecular flexibility index (Phi) is 6.07. The number of benzene rings is 2. The van der Waals surface area contributed by atoms with E-state index in [0.29, 0.717) is 24.9 Å². The van der Waals surface area contributed by atoms with E-state index in [0.717, 1.165) is 13.0 Å².